The van der Waals surface area contributed by atoms with E-state index in [2.05, 4.69) is 15.6 Å². The van der Waals surface area contributed by atoms with Gasteiger partial charge in [-0.15, -0.1) is 0 Å². The predicted octanol–water partition coefficient (Wildman–Crippen LogP) is 3.41. The molecule has 136 valence electrons. The van der Waals surface area contributed by atoms with E-state index in [0.29, 0.717) is 17.0 Å². The summed E-state index contributed by atoms with van der Waals surface area (Å²) in [5, 5.41) is 5.82. The quantitative estimate of drug-likeness (QED) is 0.863. The van der Waals surface area contributed by atoms with E-state index in [0.717, 1.165) is 25.7 Å². The number of hydrogen-bond donors (Lipinski definition) is 2. The molecule has 1 aliphatic rings. The number of benzene rings is 1. The first-order valence-electron chi connectivity index (χ1n) is 8.88. The van der Waals surface area contributed by atoms with Gasteiger partial charge in [-0.3, -0.25) is 14.6 Å². The molecule has 1 aliphatic carbocycles. The van der Waals surface area contributed by atoms with Crippen molar-refractivity contribution in [2.24, 2.45) is 0 Å². The highest BCUT2D eigenvalue weighted by atomic mass is 16.5. The van der Waals surface area contributed by atoms with Gasteiger partial charge in [0, 0.05) is 29.6 Å². The van der Waals surface area contributed by atoms with Crippen LogP contribution in [0.1, 0.15) is 53.0 Å². The number of amides is 2. The number of aromatic nitrogens is 1. The van der Waals surface area contributed by atoms with E-state index in [1.165, 1.54) is 18.7 Å². The van der Waals surface area contributed by atoms with E-state index in [9.17, 15) is 9.59 Å². The average molecular weight is 353 g/mol. The number of methoxy groups -OCH3 is 1. The molecule has 0 saturated heterocycles. The standard InChI is InChI=1S/C20H23N3O3/c1-26-17-9-5-8-16(13-17)23-20(25)18-12-14(10-11-21-18)19(24)22-15-6-3-2-4-7-15/h5,8-13,15H,2-4,6-7H2,1H3,(H,22,24)(H,23,25). The maximum absolute atomic E-state index is 12.4. The minimum absolute atomic E-state index is 0.158. The highest BCUT2D eigenvalue weighted by Gasteiger charge is 2.18. The number of carbonyl (C=O) groups is 2. The Balaban J connectivity index is 1.67. The maximum atomic E-state index is 12.4. The van der Waals surface area contributed by atoms with Gasteiger partial charge in [0.1, 0.15) is 11.4 Å². The summed E-state index contributed by atoms with van der Waals surface area (Å²) in [6.45, 7) is 0. The topological polar surface area (TPSA) is 80.3 Å². The van der Waals surface area contributed by atoms with Gasteiger partial charge in [0.05, 0.1) is 7.11 Å². The lowest BCUT2D eigenvalue weighted by atomic mass is 9.95. The van der Waals surface area contributed by atoms with Crippen LogP contribution in [0.15, 0.2) is 42.6 Å². The monoisotopic (exact) mass is 353 g/mol. The number of nitrogens with one attached hydrogen (secondary N) is 2. The lowest BCUT2D eigenvalue weighted by molar-refractivity contribution is 0.0927. The minimum Gasteiger partial charge on any atom is -0.497 e. The van der Waals surface area contributed by atoms with Crippen LogP contribution in [0.25, 0.3) is 0 Å². The molecule has 1 saturated carbocycles. The molecule has 0 bridgehead atoms. The summed E-state index contributed by atoms with van der Waals surface area (Å²) in [4.78, 5) is 29.0. The number of anilines is 1. The van der Waals surface area contributed by atoms with Crippen molar-refractivity contribution < 1.29 is 14.3 Å². The second kappa shape index (κ2) is 8.47. The Labute approximate surface area is 153 Å². The first kappa shape index (κ1) is 17.9. The molecule has 6 heteroatoms. The van der Waals surface area contributed by atoms with Crippen LogP contribution in [0.4, 0.5) is 5.69 Å². The molecule has 1 fully saturated rings. The van der Waals surface area contributed by atoms with Gasteiger partial charge in [-0.1, -0.05) is 25.3 Å². The Hall–Kier alpha value is -2.89. The molecule has 0 radical (unpaired) electrons. The van der Waals surface area contributed by atoms with Gasteiger partial charge in [0.15, 0.2) is 0 Å². The minimum atomic E-state index is -0.370. The van der Waals surface area contributed by atoms with Gasteiger partial charge >= 0.3 is 0 Å². The van der Waals surface area contributed by atoms with Crippen molar-refractivity contribution in [2.75, 3.05) is 12.4 Å². The molecule has 0 aliphatic heterocycles. The Kier molecular flexibility index (Phi) is 5.84. The van der Waals surface area contributed by atoms with E-state index < -0.39 is 0 Å². The van der Waals surface area contributed by atoms with Crippen LogP contribution in [-0.4, -0.2) is 29.9 Å². The van der Waals surface area contributed by atoms with Crippen molar-refractivity contribution in [2.45, 2.75) is 38.1 Å². The number of nitrogens with zero attached hydrogens (tertiary/aromatic N) is 1. The SMILES string of the molecule is COc1cccc(NC(=O)c2cc(C(=O)NC3CCCCC3)ccn2)c1. The molecule has 2 aromatic rings. The third-order valence-corrected chi connectivity index (χ3v) is 4.52. The summed E-state index contributed by atoms with van der Waals surface area (Å²) in [6, 6.07) is 10.4. The van der Waals surface area contributed by atoms with Crippen LogP contribution >= 0.6 is 0 Å². The zero-order chi connectivity index (χ0) is 18.4. The molecule has 26 heavy (non-hydrogen) atoms. The van der Waals surface area contributed by atoms with E-state index in [-0.39, 0.29) is 23.6 Å². The van der Waals surface area contributed by atoms with Crippen molar-refractivity contribution in [1.29, 1.82) is 0 Å². The van der Waals surface area contributed by atoms with E-state index in [4.69, 9.17) is 4.74 Å². The molecule has 0 spiro atoms. The molecule has 2 amide bonds. The summed E-state index contributed by atoms with van der Waals surface area (Å²) < 4.78 is 5.14. The van der Waals surface area contributed by atoms with Crippen molar-refractivity contribution in [1.82, 2.24) is 10.3 Å². The normalized spacial score (nSPS) is 14.5. The molecular weight excluding hydrogens is 330 g/mol. The second-order valence-electron chi connectivity index (χ2n) is 6.42. The summed E-state index contributed by atoms with van der Waals surface area (Å²) in [5.41, 5.74) is 1.25. The lowest BCUT2D eigenvalue weighted by Crippen LogP contribution is -2.36. The van der Waals surface area contributed by atoms with Crippen LogP contribution in [0.2, 0.25) is 0 Å². The number of hydrogen-bond acceptors (Lipinski definition) is 4. The Morgan fingerprint density at radius 1 is 1.08 bits per heavy atom. The van der Waals surface area contributed by atoms with Crippen LogP contribution < -0.4 is 15.4 Å². The largest absolute Gasteiger partial charge is 0.497 e. The molecule has 2 N–H and O–H groups in total. The van der Waals surface area contributed by atoms with E-state index in [1.807, 2.05) is 0 Å². The molecule has 1 heterocycles. The van der Waals surface area contributed by atoms with Crippen molar-refractivity contribution in [3.63, 3.8) is 0 Å². The first-order valence-corrected chi connectivity index (χ1v) is 8.88. The van der Waals surface area contributed by atoms with Crippen LogP contribution in [0, 0.1) is 0 Å². The number of ether oxygens (including phenoxy) is 1. The van der Waals surface area contributed by atoms with Gasteiger partial charge in [-0.2, -0.15) is 0 Å². The van der Waals surface area contributed by atoms with Gasteiger partial charge in [0.25, 0.3) is 11.8 Å². The molecular formula is C20H23N3O3. The van der Waals surface area contributed by atoms with E-state index >= 15 is 0 Å². The zero-order valence-electron chi connectivity index (χ0n) is 14.8. The second-order valence-corrected chi connectivity index (χ2v) is 6.42. The molecule has 3 rings (SSSR count). The zero-order valence-corrected chi connectivity index (χ0v) is 14.8. The molecule has 6 nitrogen and oxygen atoms in total. The maximum Gasteiger partial charge on any atom is 0.274 e. The van der Waals surface area contributed by atoms with Gasteiger partial charge in [-0.05, 0) is 37.1 Å². The van der Waals surface area contributed by atoms with Gasteiger partial charge < -0.3 is 15.4 Å². The summed E-state index contributed by atoms with van der Waals surface area (Å²) >= 11 is 0. The third-order valence-electron chi connectivity index (χ3n) is 4.52. The third kappa shape index (κ3) is 4.59. The predicted molar refractivity (Wildman–Crippen MR) is 99.5 cm³/mol. The Morgan fingerprint density at radius 2 is 1.88 bits per heavy atom. The van der Waals surface area contributed by atoms with E-state index in [1.54, 1.807) is 37.4 Å². The highest BCUT2D eigenvalue weighted by molar-refractivity contribution is 6.04. The van der Waals surface area contributed by atoms with Crippen LogP contribution in [-0.2, 0) is 0 Å². The average Bonchev–Trinajstić information content (AvgIpc) is 2.69. The fourth-order valence-electron chi connectivity index (χ4n) is 3.11. The van der Waals surface area contributed by atoms with Crippen molar-refractivity contribution >= 4 is 17.5 Å². The number of rotatable bonds is 5. The molecule has 0 unspecified atom stereocenters. The number of carbonyl (C=O) groups excluding carboxylic acids is 2. The van der Waals surface area contributed by atoms with Gasteiger partial charge in [-0.25, -0.2) is 0 Å². The number of pyridine rings is 1. The van der Waals surface area contributed by atoms with Crippen LogP contribution in [0.3, 0.4) is 0 Å². The summed E-state index contributed by atoms with van der Waals surface area (Å²) in [7, 11) is 1.57. The first-order chi connectivity index (χ1) is 12.7. The van der Waals surface area contributed by atoms with Crippen molar-refractivity contribution in [3.8, 4) is 5.75 Å². The molecule has 1 aromatic heterocycles. The highest BCUT2D eigenvalue weighted by Crippen LogP contribution is 2.19. The van der Waals surface area contributed by atoms with Crippen LogP contribution in [0.5, 0.6) is 5.75 Å². The lowest BCUT2D eigenvalue weighted by Gasteiger charge is -2.22. The van der Waals surface area contributed by atoms with Crippen molar-refractivity contribution in [3.05, 3.63) is 53.9 Å². The summed E-state index contributed by atoms with van der Waals surface area (Å²) in [6.07, 6.45) is 7.04. The fourth-order valence-corrected chi connectivity index (χ4v) is 3.11. The smallest absolute Gasteiger partial charge is 0.274 e. The summed E-state index contributed by atoms with van der Waals surface area (Å²) in [5.74, 6) is 0.122. The molecule has 1 aromatic carbocycles. The van der Waals surface area contributed by atoms with Gasteiger partial charge in [0.2, 0.25) is 0 Å². The molecule has 0 atom stereocenters. The fraction of sp³-hybridized carbons (Fsp3) is 0.350. The Bertz CT molecular complexity index is 785. The Morgan fingerprint density at radius 3 is 2.65 bits per heavy atom.